The highest BCUT2D eigenvalue weighted by Gasteiger charge is 2.45. The van der Waals surface area contributed by atoms with Gasteiger partial charge in [0.25, 0.3) is 0 Å². The molecule has 7 rings (SSSR count). The van der Waals surface area contributed by atoms with Gasteiger partial charge in [-0.25, -0.2) is 0 Å². The number of piperidine rings is 5. The number of carboxylic acids is 2. The first-order chi connectivity index (χ1) is 14.8. The SMILES string of the molecule is CC12CC(CCN1)C2.O=C(O)C12CCC(CC1)CN2.O=C(O)CCCC1CCCCN1. The Kier molecular flexibility index (Phi) is 8.76. The summed E-state index contributed by atoms with van der Waals surface area (Å²) in [5, 5.41) is 27.4. The van der Waals surface area contributed by atoms with E-state index in [4.69, 9.17) is 10.2 Å². The van der Waals surface area contributed by atoms with Crippen molar-refractivity contribution in [3.63, 3.8) is 0 Å². The Labute approximate surface area is 187 Å². The fourth-order valence-corrected chi connectivity index (χ4v) is 5.99. The third-order valence-electron chi connectivity index (χ3n) is 8.04. The molecule has 5 aliphatic heterocycles. The van der Waals surface area contributed by atoms with E-state index >= 15 is 0 Å². The second kappa shape index (κ2) is 11.1. The predicted molar refractivity (Wildman–Crippen MR) is 121 cm³/mol. The van der Waals surface area contributed by atoms with Gasteiger partial charge in [-0.3, -0.25) is 9.59 Å². The molecule has 0 spiro atoms. The Balaban J connectivity index is 0.000000134. The molecule has 7 nitrogen and oxygen atoms in total. The zero-order valence-corrected chi connectivity index (χ0v) is 19.3. The van der Waals surface area contributed by atoms with Gasteiger partial charge in [0.2, 0.25) is 0 Å². The van der Waals surface area contributed by atoms with Crippen molar-refractivity contribution in [3.05, 3.63) is 0 Å². The summed E-state index contributed by atoms with van der Waals surface area (Å²) in [5.74, 6) is 0.499. The molecule has 0 amide bonds. The van der Waals surface area contributed by atoms with Crippen LogP contribution in [-0.2, 0) is 9.59 Å². The van der Waals surface area contributed by atoms with E-state index in [0.717, 1.165) is 63.5 Å². The molecule has 0 aromatic carbocycles. The number of carbonyl (C=O) groups is 2. The van der Waals surface area contributed by atoms with E-state index in [1.54, 1.807) is 0 Å². The fraction of sp³-hybridized carbons (Fsp3) is 0.917. The van der Waals surface area contributed by atoms with Crippen molar-refractivity contribution in [2.75, 3.05) is 19.6 Å². The molecule has 0 aromatic heterocycles. The molecule has 178 valence electrons. The van der Waals surface area contributed by atoms with Gasteiger partial charge in [-0.15, -0.1) is 0 Å². The fourth-order valence-electron chi connectivity index (χ4n) is 5.99. The van der Waals surface area contributed by atoms with Crippen LogP contribution in [0.25, 0.3) is 0 Å². The minimum Gasteiger partial charge on any atom is -0.481 e. The van der Waals surface area contributed by atoms with Crippen molar-refractivity contribution in [3.8, 4) is 0 Å². The summed E-state index contributed by atoms with van der Waals surface area (Å²) in [6.45, 7) is 5.62. The molecule has 31 heavy (non-hydrogen) atoms. The molecule has 7 fully saturated rings. The number of hydrogen-bond acceptors (Lipinski definition) is 5. The van der Waals surface area contributed by atoms with E-state index in [9.17, 15) is 9.59 Å². The molecule has 7 aliphatic rings. The van der Waals surface area contributed by atoms with Crippen LogP contribution in [0.15, 0.2) is 0 Å². The average Bonchev–Trinajstić information content (AvgIpc) is 2.76. The second-order valence-electron chi connectivity index (χ2n) is 10.7. The first-order valence-corrected chi connectivity index (χ1v) is 12.5. The zero-order chi connectivity index (χ0) is 22.3. The predicted octanol–water partition coefficient (Wildman–Crippen LogP) is 3.14. The van der Waals surface area contributed by atoms with Crippen LogP contribution in [0, 0.1) is 11.8 Å². The summed E-state index contributed by atoms with van der Waals surface area (Å²) in [6, 6.07) is 0.582. The Morgan fingerprint density at radius 3 is 2.06 bits per heavy atom. The van der Waals surface area contributed by atoms with Crippen molar-refractivity contribution in [2.45, 2.75) is 108 Å². The van der Waals surface area contributed by atoms with Gasteiger partial charge in [0.1, 0.15) is 5.54 Å². The maximum atomic E-state index is 10.9. The van der Waals surface area contributed by atoms with Crippen LogP contribution in [0.3, 0.4) is 0 Å². The Hall–Kier alpha value is -1.18. The number of rotatable bonds is 5. The van der Waals surface area contributed by atoms with E-state index in [0.29, 0.717) is 18.0 Å². The minimum absolute atomic E-state index is 0.318. The summed E-state index contributed by atoms with van der Waals surface area (Å²) in [7, 11) is 0. The lowest BCUT2D eigenvalue weighted by Gasteiger charge is -2.51. The van der Waals surface area contributed by atoms with Crippen LogP contribution < -0.4 is 16.0 Å². The van der Waals surface area contributed by atoms with E-state index in [1.165, 1.54) is 45.1 Å². The molecule has 2 aliphatic carbocycles. The van der Waals surface area contributed by atoms with Crippen LogP contribution in [0.1, 0.15) is 90.4 Å². The molecule has 7 heteroatoms. The summed E-state index contributed by atoms with van der Waals surface area (Å²) in [5.41, 5.74) is 0.0255. The van der Waals surface area contributed by atoms with Crippen LogP contribution in [0.5, 0.6) is 0 Å². The molecule has 4 bridgehead atoms. The van der Waals surface area contributed by atoms with Crippen LogP contribution in [-0.4, -0.2) is 58.9 Å². The third kappa shape index (κ3) is 7.16. The Morgan fingerprint density at radius 1 is 0.935 bits per heavy atom. The average molecular weight is 438 g/mol. The van der Waals surface area contributed by atoms with Gasteiger partial charge in [0.05, 0.1) is 0 Å². The molecule has 5 heterocycles. The number of fused-ring (bicyclic) bond motifs is 5. The van der Waals surface area contributed by atoms with Crippen molar-refractivity contribution in [1.29, 1.82) is 0 Å². The number of hydrogen-bond donors (Lipinski definition) is 5. The van der Waals surface area contributed by atoms with Gasteiger partial charge >= 0.3 is 11.9 Å². The molecular weight excluding hydrogens is 394 g/mol. The molecule has 0 radical (unpaired) electrons. The van der Waals surface area contributed by atoms with Gasteiger partial charge in [-0.1, -0.05) is 6.42 Å². The van der Waals surface area contributed by atoms with E-state index in [-0.39, 0.29) is 0 Å². The Morgan fingerprint density at radius 2 is 1.68 bits per heavy atom. The topological polar surface area (TPSA) is 111 Å². The molecule has 2 saturated carbocycles. The molecule has 1 atom stereocenters. The lowest BCUT2D eigenvalue weighted by Crippen LogP contribution is -2.60. The highest BCUT2D eigenvalue weighted by Crippen LogP contribution is 2.42. The molecule has 5 N–H and O–H groups in total. The second-order valence-corrected chi connectivity index (χ2v) is 10.7. The quantitative estimate of drug-likeness (QED) is 0.449. The number of nitrogens with one attached hydrogen (secondary N) is 3. The Bertz CT molecular complexity index is 572. The molecule has 1 unspecified atom stereocenters. The number of aliphatic carboxylic acids is 2. The van der Waals surface area contributed by atoms with Crippen LogP contribution in [0.2, 0.25) is 0 Å². The van der Waals surface area contributed by atoms with Crippen molar-refractivity contribution in [1.82, 2.24) is 16.0 Å². The van der Waals surface area contributed by atoms with Crippen LogP contribution >= 0.6 is 0 Å². The van der Waals surface area contributed by atoms with Gasteiger partial charge in [0, 0.05) is 18.0 Å². The van der Waals surface area contributed by atoms with Crippen molar-refractivity contribution in [2.24, 2.45) is 11.8 Å². The monoisotopic (exact) mass is 437 g/mol. The highest BCUT2D eigenvalue weighted by atomic mass is 16.4. The third-order valence-corrected chi connectivity index (χ3v) is 8.04. The maximum Gasteiger partial charge on any atom is 0.323 e. The van der Waals surface area contributed by atoms with E-state index in [2.05, 4.69) is 22.9 Å². The summed E-state index contributed by atoms with van der Waals surface area (Å²) >= 11 is 0. The summed E-state index contributed by atoms with van der Waals surface area (Å²) in [4.78, 5) is 21.1. The van der Waals surface area contributed by atoms with E-state index < -0.39 is 17.5 Å². The maximum absolute atomic E-state index is 10.9. The molecule has 5 saturated heterocycles. The van der Waals surface area contributed by atoms with Gasteiger partial charge in [-0.05, 0) is 109 Å². The summed E-state index contributed by atoms with van der Waals surface area (Å²) < 4.78 is 0. The first kappa shape index (κ1) is 24.5. The van der Waals surface area contributed by atoms with Crippen molar-refractivity contribution < 1.29 is 19.8 Å². The molecule has 0 aromatic rings. The lowest BCUT2D eigenvalue weighted by molar-refractivity contribution is -0.149. The first-order valence-electron chi connectivity index (χ1n) is 12.5. The highest BCUT2D eigenvalue weighted by molar-refractivity contribution is 5.79. The zero-order valence-electron chi connectivity index (χ0n) is 19.3. The normalized spacial score (nSPS) is 37.9. The van der Waals surface area contributed by atoms with Gasteiger partial charge < -0.3 is 26.2 Å². The van der Waals surface area contributed by atoms with Crippen LogP contribution in [0.4, 0.5) is 0 Å². The van der Waals surface area contributed by atoms with E-state index in [1.807, 2.05) is 0 Å². The van der Waals surface area contributed by atoms with Crippen molar-refractivity contribution >= 4 is 11.9 Å². The molecular formula is C24H43N3O4. The standard InChI is InChI=1S/C9H17NO2.C8H13NO2.C7H13N/c11-9(12)6-3-5-8-4-1-2-7-10-8;10-7(11)8-3-1-6(2-4-8)5-9-8;1-7-4-6(5-7)2-3-8-7/h8,10H,1-7H2,(H,11,12);6,9H,1-5H2,(H,10,11);6,8H,2-5H2,1H3. The minimum atomic E-state index is -0.675. The summed E-state index contributed by atoms with van der Waals surface area (Å²) in [6.07, 6.45) is 14.1. The van der Waals surface area contributed by atoms with Gasteiger partial charge in [-0.2, -0.15) is 0 Å². The van der Waals surface area contributed by atoms with Gasteiger partial charge in [0.15, 0.2) is 0 Å². The smallest absolute Gasteiger partial charge is 0.323 e. The number of carboxylic acid groups (broad SMARTS) is 2. The lowest BCUT2D eigenvalue weighted by atomic mass is 9.65. The largest absolute Gasteiger partial charge is 0.481 e.